The smallest absolute Gasteiger partial charge is 0.410 e. The van der Waals surface area contributed by atoms with Crippen LogP contribution in [0.3, 0.4) is 0 Å². The van der Waals surface area contributed by atoms with Gasteiger partial charge in [0.05, 0.1) is 12.1 Å². The number of oxime groups is 1. The predicted octanol–water partition coefficient (Wildman–Crippen LogP) is 2.95. The molecule has 0 saturated carbocycles. The van der Waals surface area contributed by atoms with E-state index in [-0.39, 0.29) is 18.6 Å². The summed E-state index contributed by atoms with van der Waals surface area (Å²) in [7, 11) is 0. The van der Waals surface area contributed by atoms with Crippen molar-refractivity contribution in [2.75, 3.05) is 13.1 Å². The Morgan fingerprint density at radius 1 is 1.34 bits per heavy atom. The van der Waals surface area contributed by atoms with E-state index in [0.717, 1.165) is 27.5 Å². The predicted molar refractivity (Wildman–Crippen MR) is 111 cm³/mol. The summed E-state index contributed by atoms with van der Waals surface area (Å²) in [5.74, 6) is -0.196. The molecule has 2 unspecified atom stereocenters. The molecule has 2 aromatic rings. The number of fused-ring (bicyclic) bond motifs is 1. The summed E-state index contributed by atoms with van der Waals surface area (Å²) in [4.78, 5) is 36.1. The van der Waals surface area contributed by atoms with Crippen molar-refractivity contribution in [3.8, 4) is 0 Å². The molecule has 2 amide bonds. The molecule has 2 aliphatic rings. The molecule has 1 fully saturated rings. The van der Waals surface area contributed by atoms with Gasteiger partial charge in [-0.05, 0) is 40.9 Å². The molecular weight excluding hydrogens is 440 g/mol. The minimum Gasteiger partial charge on any atom is -0.444 e. The van der Waals surface area contributed by atoms with Gasteiger partial charge < -0.3 is 14.9 Å². The maximum absolute atomic E-state index is 12.6. The Labute approximate surface area is 176 Å². The zero-order chi connectivity index (χ0) is 20.2. The van der Waals surface area contributed by atoms with Crippen LogP contribution in [0, 0.1) is 0 Å². The van der Waals surface area contributed by atoms with Crippen LogP contribution in [0.15, 0.2) is 41.7 Å². The summed E-state index contributed by atoms with van der Waals surface area (Å²) in [5.41, 5.74) is 1.70. The molecular formula is C20H21BrN4O4. The van der Waals surface area contributed by atoms with E-state index >= 15 is 0 Å². The Hall–Kier alpha value is -2.68. The van der Waals surface area contributed by atoms with Crippen molar-refractivity contribution in [1.82, 2.24) is 15.2 Å². The number of benzene rings is 1. The fraction of sp³-hybridized carbons (Fsp3) is 0.400. The van der Waals surface area contributed by atoms with E-state index in [1.807, 2.05) is 30.3 Å². The van der Waals surface area contributed by atoms with Gasteiger partial charge in [0.2, 0.25) is 5.91 Å². The zero-order valence-electron chi connectivity index (χ0n) is 15.7. The lowest BCUT2D eigenvalue weighted by molar-refractivity contribution is -0.125. The Bertz CT molecular complexity index is 951. The lowest BCUT2D eigenvalue weighted by Gasteiger charge is -2.23. The molecule has 0 aliphatic carbocycles. The number of para-hydroxylation sites is 1. The number of hydrogen-bond donors (Lipinski definition) is 1. The van der Waals surface area contributed by atoms with Crippen LogP contribution in [0.2, 0.25) is 0 Å². The standard InChI is InChI=1S/C20H21BrN4O4/c21-18-9-15(29-24-18)11-23-19(26)17-6-3-7-25(17)20(27)28-12-13-8-14-4-1-2-5-16(14)22-10-13/h1-2,4-5,8,10,15,17H,3,6-7,9,11-12H2,(H,23,26). The van der Waals surface area contributed by atoms with E-state index in [2.05, 4.69) is 31.4 Å². The average Bonchev–Trinajstić information content (AvgIpc) is 3.39. The van der Waals surface area contributed by atoms with Gasteiger partial charge in [-0.3, -0.25) is 14.7 Å². The van der Waals surface area contributed by atoms with Crippen LogP contribution in [0.5, 0.6) is 0 Å². The molecule has 1 N–H and O–H groups in total. The maximum Gasteiger partial charge on any atom is 0.410 e. The van der Waals surface area contributed by atoms with Crippen molar-refractivity contribution in [3.63, 3.8) is 0 Å². The summed E-state index contributed by atoms with van der Waals surface area (Å²) in [5, 5.41) is 7.64. The van der Waals surface area contributed by atoms with Crippen molar-refractivity contribution in [2.24, 2.45) is 5.16 Å². The number of pyridine rings is 1. The molecule has 8 nitrogen and oxygen atoms in total. The number of amides is 2. The third kappa shape index (κ3) is 4.67. The third-order valence-electron chi connectivity index (χ3n) is 5.00. The van der Waals surface area contributed by atoms with Crippen molar-refractivity contribution in [1.29, 1.82) is 0 Å². The number of halogens is 1. The number of hydrogen-bond acceptors (Lipinski definition) is 6. The molecule has 3 heterocycles. The van der Waals surface area contributed by atoms with Gasteiger partial charge in [-0.1, -0.05) is 23.4 Å². The Morgan fingerprint density at radius 3 is 3.03 bits per heavy atom. The molecule has 1 saturated heterocycles. The van der Waals surface area contributed by atoms with Crippen molar-refractivity contribution >= 4 is 43.5 Å². The number of carbonyl (C=O) groups is 2. The molecule has 29 heavy (non-hydrogen) atoms. The molecule has 2 atom stereocenters. The van der Waals surface area contributed by atoms with Crippen LogP contribution >= 0.6 is 15.9 Å². The van der Waals surface area contributed by atoms with Crippen LogP contribution in [-0.4, -0.2) is 51.7 Å². The van der Waals surface area contributed by atoms with Crippen LogP contribution in [0.4, 0.5) is 4.79 Å². The topological polar surface area (TPSA) is 93.1 Å². The van der Waals surface area contributed by atoms with E-state index < -0.39 is 12.1 Å². The second-order valence-corrected chi connectivity index (χ2v) is 8.00. The van der Waals surface area contributed by atoms with Gasteiger partial charge in [0, 0.05) is 30.1 Å². The van der Waals surface area contributed by atoms with E-state index in [9.17, 15) is 9.59 Å². The van der Waals surface area contributed by atoms with Crippen LogP contribution in [0.1, 0.15) is 24.8 Å². The molecule has 2 aliphatic heterocycles. The number of nitrogens with one attached hydrogen (secondary N) is 1. The second-order valence-electron chi connectivity index (χ2n) is 7.09. The van der Waals surface area contributed by atoms with E-state index in [4.69, 9.17) is 9.57 Å². The van der Waals surface area contributed by atoms with Crippen LogP contribution < -0.4 is 5.32 Å². The number of rotatable bonds is 5. The number of aromatic nitrogens is 1. The zero-order valence-corrected chi connectivity index (χ0v) is 17.3. The molecule has 0 spiro atoms. The van der Waals surface area contributed by atoms with Crippen molar-refractivity contribution < 1.29 is 19.2 Å². The Morgan fingerprint density at radius 2 is 2.21 bits per heavy atom. The molecule has 0 radical (unpaired) electrons. The normalized spacial score (nSPS) is 21.0. The lowest BCUT2D eigenvalue weighted by Crippen LogP contribution is -2.47. The molecule has 9 heteroatoms. The molecule has 4 rings (SSSR count). The molecule has 1 aromatic heterocycles. The highest BCUT2D eigenvalue weighted by Gasteiger charge is 2.35. The van der Waals surface area contributed by atoms with Gasteiger partial charge in [-0.25, -0.2) is 4.79 Å². The highest BCUT2D eigenvalue weighted by atomic mass is 79.9. The first kappa shape index (κ1) is 19.6. The minimum absolute atomic E-state index is 0.114. The first-order valence-electron chi connectivity index (χ1n) is 9.53. The van der Waals surface area contributed by atoms with Gasteiger partial charge in [0.1, 0.15) is 17.3 Å². The summed E-state index contributed by atoms with van der Waals surface area (Å²) < 4.78 is 6.18. The van der Waals surface area contributed by atoms with Gasteiger partial charge in [-0.2, -0.15) is 0 Å². The number of ether oxygens (including phenoxy) is 1. The Balaban J connectivity index is 1.30. The second kappa shape index (κ2) is 8.77. The van der Waals surface area contributed by atoms with E-state index in [1.165, 1.54) is 4.90 Å². The maximum atomic E-state index is 12.6. The molecule has 152 valence electrons. The van der Waals surface area contributed by atoms with E-state index in [1.54, 1.807) is 6.20 Å². The minimum atomic E-state index is -0.525. The first-order valence-corrected chi connectivity index (χ1v) is 10.3. The van der Waals surface area contributed by atoms with Gasteiger partial charge in [-0.15, -0.1) is 0 Å². The first-order chi connectivity index (χ1) is 14.1. The van der Waals surface area contributed by atoms with Gasteiger partial charge in [0.25, 0.3) is 0 Å². The Kier molecular flexibility index (Phi) is 5.94. The average molecular weight is 461 g/mol. The van der Waals surface area contributed by atoms with Gasteiger partial charge in [0.15, 0.2) is 6.10 Å². The lowest BCUT2D eigenvalue weighted by atomic mass is 10.2. The fourth-order valence-electron chi connectivity index (χ4n) is 3.52. The van der Waals surface area contributed by atoms with Crippen molar-refractivity contribution in [2.45, 2.75) is 38.0 Å². The summed E-state index contributed by atoms with van der Waals surface area (Å²) in [6.07, 6.45) is 3.03. The largest absolute Gasteiger partial charge is 0.444 e. The number of nitrogens with zero attached hydrogens (tertiary/aromatic N) is 3. The third-order valence-corrected chi connectivity index (χ3v) is 5.47. The number of carbonyl (C=O) groups excluding carboxylic acids is 2. The van der Waals surface area contributed by atoms with E-state index in [0.29, 0.717) is 25.9 Å². The van der Waals surface area contributed by atoms with Crippen molar-refractivity contribution in [3.05, 3.63) is 42.1 Å². The highest BCUT2D eigenvalue weighted by molar-refractivity contribution is 9.18. The fourth-order valence-corrected chi connectivity index (χ4v) is 3.96. The summed E-state index contributed by atoms with van der Waals surface area (Å²) in [6, 6.07) is 9.19. The highest BCUT2D eigenvalue weighted by Crippen LogP contribution is 2.20. The quantitative estimate of drug-likeness (QED) is 0.739. The molecule has 0 bridgehead atoms. The molecule has 1 aromatic carbocycles. The van der Waals surface area contributed by atoms with Gasteiger partial charge >= 0.3 is 6.09 Å². The van der Waals surface area contributed by atoms with Crippen LogP contribution in [-0.2, 0) is 21.0 Å². The SMILES string of the molecule is O=C(NCC1CC(Br)=NO1)C1CCCN1C(=O)OCc1cnc2ccccc2c1. The summed E-state index contributed by atoms with van der Waals surface area (Å²) in [6.45, 7) is 0.962. The monoisotopic (exact) mass is 460 g/mol. The van der Waals surface area contributed by atoms with Crippen LogP contribution in [0.25, 0.3) is 10.9 Å². The summed E-state index contributed by atoms with van der Waals surface area (Å²) >= 11 is 3.27. The number of likely N-dealkylation sites (tertiary alicyclic amines) is 1.